The molecular formula is C11H13BrCoN3+. The molecule has 16 heavy (non-hydrogen) atoms. The molecular weight excluding hydrogens is 313 g/mol. The fraction of sp³-hybridized carbons (Fsp3) is 0.273. The Morgan fingerprint density at radius 3 is 2.56 bits per heavy atom. The first-order valence-electron chi connectivity index (χ1n) is 4.79. The molecule has 2 aromatic heterocycles. The first kappa shape index (κ1) is 13.4. The van der Waals surface area contributed by atoms with E-state index in [9.17, 15) is 0 Å². The number of hydrogen-bond donors (Lipinski definition) is 0. The zero-order valence-electron chi connectivity index (χ0n) is 9.15. The van der Waals surface area contributed by atoms with Crippen molar-refractivity contribution in [1.82, 2.24) is 14.8 Å². The van der Waals surface area contributed by atoms with E-state index < -0.39 is 0 Å². The van der Waals surface area contributed by atoms with Crippen LogP contribution in [0.15, 0.2) is 30.5 Å². The van der Waals surface area contributed by atoms with Crippen molar-refractivity contribution < 1.29 is 13.9 Å². The summed E-state index contributed by atoms with van der Waals surface area (Å²) in [6.07, 6.45) is 1.81. The summed E-state index contributed by atoms with van der Waals surface area (Å²) in [6, 6.07) is 8.00. The SMILES string of the molecule is Cc1cc(C)n(Cc2ccccn2)n1.[Co+][Br]. The van der Waals surface area contributed by atoms with E-state index >= 15 is 0 Å². The molecule has 0 saturated carbocycles. The van der Waals surface area contributed by atoms with Gasteiger partial charge < -0.3 is 0 Å². The van der Waals surface area contributed by atoms with Gasteiger partial charge in [-0.1, -0.05) is 6.07 Å². The van der Waals surface area contributed by atoms with Gasteiger partial charge in [-0.25, -0.2) is 0 Å². The van der Waals surface area contributed by atoms with Crippen LogP contribution in [0.4, 0.5) is 0 Å². The van der Waals surface area contributed by atoms with Crippen LogP contribution in [0.5, 0.6) is 0 Å². The molecule has 2 aromatic rings. The van der Waals surface area contributed by atoms with E-state index in [-0.39, 0.29) is 0 Å². The summed E-state index contributed by atoms with van der Waals surface area (Å²) in [5.41, 5.74) is 3.27. The molecule has 0 spiro atoms. The Bertz CT molecular complexity index is 428. The molecule has 87 valence electrons. The van der Waals surface area contributed by atoms with Crippen LogP contribution in [0.2, 0.25) is 0 Å². The molecule has 0 aliphatic rings. The van der Waals surface area contributed by atoms with Crippen molar-refractivity contribution in [3.8, 4) is 0 Å². The van der Waals surface area contributed by atoms with Gasteiger partial charge in [-0.3, -0.25) is 9.67 Å². The summed E-state index contributed by atoms with van der Waals surface area (Å²) in [6.45, 7) is 4.81. The van der Waals surface area contributed by atoms with Crippen LogP contribution in [-0.4, -0.2) is 14.8 Å². The molecule has 0 atom stereocenters. The van der Waals surface area contributed by atoms with Crippen molar-refractivity contribution >= 4 is 14.2 Å². The molecule has 0 aliphatic heterocycles. The number of aryl methyl sites for hydroxylation is 2. The topological polar surface area (TPSA) is 30.7 Å². The van der Waals surface area contributed by atoms with E-state index in [1.54, 1.807) is 6.20 Å². The Morgan fingerprint density at radius 2 is 2.06 bits per heavy atom. The predicted molar refractivity (Wildman–Crippen MR) is 64.0 cm³/mol. The molecule has 0 saturated heterocycles. The molecule has 0 amide bonds. The molecule has 0 aromatic carbocycles. The van der Waals surface area contributed by atoms with Crippen LogP contribution in [0.25, 0.3) is 0 Å². The van der Waals surface area contributed by atoms with Crippen molar-refractivity contribution in [3.05, 3.63) is 47.5 Å². The standard InChI is InChI=1S/C11H13N3.BrH.Co/c1-9-7-10(2)14(13-9)8-11-5-3-4-6-12-11;;/h3-7H,8H2,1-2H3;1H;/q;;+2/p-1. The summed E-state index contributed by atoms with van der Waals surface area (Å²) in [5, 5.41) is 4.38. The van der Waals surface area contributed by atoms with Crippen LogP contribution in [0, 0.1) is 13.8 Å². The van der Waals surface area contributed by atoms with E-state index in [0.717, 1.165) is 17.9 Å². The van der Waals surface area contributed by atoms with Gasteiger partial charge in [0.2, 0.25) is 0 Å². The summed E-state index contributed by atoms with van der Waals surface area (Å²) >= 11 is 6.00. The molecule has 5 heteroatoms. The second-order valence-corrected chi connectivity index (χ2v) is 3.41. The molecule has 0 unspecified atom stereocenters. The number of halogens is 1. The van der Waals surface area contributed by atoms with Crippen LogP contribution < -0.4 is 0 Å². The van der Waals surface area contributed by atoms with Gasteiger partial charge in [0.05, 0.1) is 17.9 Å². The van der Waals surface area contributed by atoms with Gasteiger partial charge in [0.1, 0.15) is 0 Å². The van der Waals surface area contributed by atoms with E-state index in [2.05, 4.69) is 51.2 Å². The maximum absolute atomic E-state index is 4.38. The maximum atomic E-state index is 4.38. The molecule has 0 bridgehead atoms. The normalized spacial score (nSPS) is 9.50. The molecule has 3 nitrogen and oxygen atoms in total. The Morgan fingerprint density at radius 1 is 1.31 bits per heavy atom. The minimum atomic E-state index is 0.751. The van der Waals surface area contributed by atoms with E-state index in [0.29, 0.717) is 0 Å². The summed E-state index contributed by atoms with van der Waals surface area (Å²) in [4.78, 5) is 4.26. The Kier molecular flexibility index (Phi) is 5.72. The third-order valence-electron chi connectivity index (χ3n) is 2.14. The summed E-state index contributed by atoms with van der Waals surface area (Å²) in [7, 11) is 0. The molecule has 0 N–H and O–H groups in total. The number of aromatic nitrogens is 3. The third kappa shape index (κ3) is 3.73. The predicted octanol–water partition coefficient (Wildman–Crippen LogP) is 2.79. The van der Waals surface area contributed by atoms with Gasteiger partial charge in [-0.15, -0.1) is 0 Å². The number of hydrogen-bond acceptors (Lipinski definition) is 2. The molecule has 0 radical (unpaired) electrons. The second kappa shape index (κ2) is 6.83. The van der Waals surface area contributed by atoms with E-state index in [1.165, 1.54) is 5.69 Å². The monoisotopic (exact) mass is 325 g/mol. The third-order valence-corrected chi connectivity index (χ3v) is 2.14. The zero-order valence-corrected chi connectivity index (χ0v) is 11.8. The van der Waals surface area contributed by atoms with Gasteiger partial charge in [0.15, 0.2) is 0 Å². The van der Waals surface area contributed by atoms with Gasteiger partial charge in [-0.2, -0.15) is 5.10 Å². The molecule has 2 heterocycles. The van der Waals surface area contributed by atoms with Crippen LogP contribution in [-0.2, 0) is 20.5 Å². The van der Waals surface area contributed by atoms with Crippen molar-refractivity contribution in [2.75, 3.05) is 0 Å². The molecule has 0 fully saturated rings. The Balaban J connectivity index is 0.000000606. The molecule has 0 aliphatic carbocycles. The summed E-state index contributed by atoms with van der Waals surface area (Å²) < 4.78 is 1.97. The first-order valence-corrected chi connectivity index (χ1v) is 7.36. The number of pyridine rings is 1. The van der Waals surface area contributed by atoms with Crippen molar-refractivity contribution in [2.24, 2.45) is 0 Å². The van der Waals surface area contributed by atoms with Crippen LogP contribution in [0.3, 0.4) is 0 Å². The van der Waals surface area contributed by atoms with Crippen LogP contribution >= 0.6 is 14.2 Å². The van der Waals surface area contributed by atoms with Gasteiger partial charge in [-0.05, 0) is 32.0 Å². The number of nitrogens with zero attached hydrogens (tertiary/aromatic N) is 3. The van der Waals surface area contributed by atoms with Gasteiger partial charge >= 0.3 is 28.1 Å². The van der Waals surface area contributed by atoms with E-state index in [1.807, 2.05) is 29.8 Å². The average Bonchev–Trinajstić information content (AvgIpc) is 2.62. The minimum absolute atomic E-state index is 0.751. The Hall–Kier alpha value is -0.654. The average molecular weight is 326 g/mol. The van der Waals surface area contributed by atoms with Crippen molar-refractivity contribution in [2.45, 2.75) is 20.4 Å². The summed E-state index contributed by atoms with van der Waals surface area (Å²) in [5.74, 6) is 0. The van der Waals surface area contributed by atoms with Crippen molar-refractivity contribution in [3.63, 3.8) is 0 Å². The quantitative estimate of drug-likeness (QED) is 0.850. The van der Waals surface area contributed by atoms with Gasteiger partial charge in [0.25, 0.3) is 0 Å². The number of rotatable bonds is 2. The fourth-order valence-electron chi connectivity index (χ4n) is 1.48. The zero-order chi connectivity index (χ0) is 12.0. The first-order chi connectivity index (χ1) is 7.75. The Labute approximate surface area is 111 Å². The van der Waals surface area contributed by atoms with Gasteiger partial charge in [0, 0.05) is 11.9 Å². The van der Waals surface area contributed by atoms with Crippen molar-refractivity contribution in [1.29, 1.82) is 0 Å². The second-order valence-electron chi connectivity index (χ2n) is 3.41. The molecule has 2 rings (SSSR count). The van der Waals surface area contributed by atoms with E-state index in [4.69, 9.17) is 0 Å². The van der Waals surface area contributed by atoms with Crippen LogP contribution in [0.1, 0.15) is 17.1 Å². The fourth-order valence-corrected chi connectivity index (χ4v) is 1.48.